The summed E-state index contributed by atoms with van der Waals surface area (Å²) in [6.07, 6.45) is -1.10. The summed E-state index contributed by atoms with van der Waals surface area (Å²) in [5.74, 6) is 0.191. The highest BCUT2D eigenvalue weighted by atomic mass is 16.6. The molecule has 10 nitrogen and oxygen atoms in total. The first-order valence-corrected chi connectivity index (χ1v) is 14.0. The van der Waals surface area contributed by atoms with Crippen molar-refractivity contribution in [3.63, 3.8) is 0 Å². The average molecular weight is 571 g/mol. The summed E-state index contributed by atoms with van der Waals surface area (Å²) in [5, 5.41) is 0.545. The topological polar surface area (TPSA) is 103 Å². The maximum Gasteiger partial charge on any atom is 0.352 e. The van der Waals surface area contributed by atoms with Crippen molar-refractivity contribution in [3.8, 4) is 11.4 Å². The van der Waals surface area contributed by atoms with Gasteiger partial charge in [0, 0.05) is 37.8 Å². The van der Waals surface area contributed by atoms with Crippen LogP contribution in [-0.4, -0.2) is 77.7 Å². The van der Waals surface area contributed by atoms with Gasteiger partial charge in [0.2, 0.25) is 6.10 Å². The number of esters is 2. The van der Waals surface area contributed by atoms with E-state index in [2.05, 4.69) is 4.90 Å². The molecule has 4 aromatic rings. The highest BCUT2D eigenvalue weighted by molar-refractivity contribution is 5.81. The number of nitrogens with zero attached hydrogens (tertiary/aromatic N) is 4. The number of rotatable bonds is 10. The van der Waals surface area contributed by atoms with Crippen LogP contribution in [0.1, 0.15) is 24.4 Å². The van der Waals surface area contributed by atoms with E-state index in [4.69, 9.17) is 19.2 Å². The van der Waals surface area contributed by atoms with E-state index < -0.39 is 18.0 Å². The van der Waals surface area contributed by atoms with Crippen LogP contribution in [0, 0.1) is 0 Å². The van der Waals surface area contributed by atoms with Gasteiger partial charge < -0.3 is 14.2 Å². The van der Waals surface area contributed by atoms with E-state index in [1.54, 1.807) is 48.9 Å². The Bertz CT molecular complexity index is 1600. The molecule has 1 aliphatic rings. The maximum atomic E-state index is 13.6. The fourth-order valence-corrected chi connectivity index (χ4v) is 5.06. The molecule has 1 fully saturated rings. The van der Waals surface area contributed by atoms with Crippen molar-refractivity contribution in [2.24, 2.45) is 0 Å². The van der Waals surface area contributed by atoms with E-state index in [0.29, 0.717) is 66.5 Å². The molecular weight excluding hydrogens is 536 g/mol. The first-order chi connectivity index (χ1) is 20.5. The lowest BCUT2D eigenvalue weighted by Gasteiger charge is -2.34. The number of aromatic nitrogens is 2. The Kier molecular flexibility index (Phi) is 9.25. The van der Waals surface area contributed by atoms with Gasteiger partial charge in [-0.3, -0.25) is 24.0 Å². The summed E-state index contributed by atoms with van der Waals surface area (Å²) >= 11 is 0. The average Bonchev–Trinajstić information content (AvgIpc) is 3.01. The Morgan fingerprint density at radius 1 is 0.905 bits per heavy atom. The van der Waals surface area contributed by atoms with Crippen molar-refractivity contribution < 1.29 is 23.8 Å². The molecule has 1 saturated heterocycles. The molecule has 1 aromatic heterocycles. The number of piperazine rings is 1. The number of benzene rings is 3. The number of ether oxygens (including phenoxy) is 3. The first-order valence-electron chi connectivity index (χ1n) is 14.0. The zero-order valence-electron chi connectivity index (χ0n) is 23.8. The van der Waals surface area contributed by atoms with Crippen LogP contribution in [0.15, 0.2) is 83.7 Å². The Balaban J connectivity index is 1.27. The summed E-state index contributed by atoms with van der Waals surface area (Å²) in [7, 11) is 1.59. The van der Waals surface area contributed by atoms with E-state index in [1.807, 2.05) is 53.4 Å². The van der Waals surface area contributed by atoms with Crippen molar-refractivity contribution in [3.05, 3.63) is 101 Å². The zero-order chi connectivity index (χ0) is 29.5. The van der Waals surface area contributed by atoms with Crippen molar-refractivity contribution in [2.75, 3.05) is 46.4 Å². The number of para-hydroxylation sites is 1. The standard InChI is InChI=1S/C32H34N4O6/c1-3-41-32(39)30(23-10-5-4-6-11-23)42-29(37)22-35-18-16-34(17-19-35)21-28-33-27-15-8-7-14-26(27)31(38)36(28)24-12-9-13-25(20-24)40-2/h4-15,20,30H,3,16-19,21-22H2,1-2H3. The largest absolute Gasteiger partial charge is 0.497 e. The molecule has 0 aliphatic carbocycles. The second-order valence-corrected chi connectivity index (χ2v) is 9.97. The number of carbonyl (C=O) groups excluding carboxylic acids is 2. The minimum atomic E-state index is -1.10. The molecule has 218 valence electrons. The van der Waals surface area contributed by atoms with Gasteiger partial charge in [-0.15, -0.1) is 0 Å². The minimum absolute atomic E-state index is 0.0549. The second-order valence-electron chi connectivity index (χ2n) is 9.97. The predicted molar refractivity (Wildman–Crippen MR) is 158 cm³/mol. The van der Waals surface area contributed by atoms with Crippen LogP contribution >= 0.6 is 0 Å². The number of carbonyl (C=O) groups is 2. The molecule has 2 heterocycles. The SMILES string of the molecule is CCOC(=O)C(OC(=O)CN1CCN(Cc2nc3ccccc3c(=O)n2-c2cccc(OC)c2)CC1)c1ccccc1. The van der Waals surface area contributed by atoms with Crippen LogP contribution in [0.25, 0.3) is 16.6 Å². The van der Waals surface area contributed by atoms with Gasteiger partial charge in [-0.1, -0.05) is 48.5 Å². The lowest BCUT2D eigenvalue weighted by molar-refractivity contribution is -0.169. The molecule has 0 saturated carbocycles. The van der Waals surface area contributed by atoms with Crippen LogP contribution < -0.4 is 10.3 Å². The number of hydrogen-bond donors (Lipinski definition) is 0. The van der Waals surface area contributed by atoms with Crippen LogP contribution in [0.4, 0.5) is 0 Å². The zero-order valence-corrected chi connectivity index (χ0v) is 23.8. The summed E-state index contributed by atoms with van der Waals surface area (Å²) in [5.41, 5.74) is 1.76. The molecule has 0 N–H and O–H groups in total. The Morgan fingerprint density at radius 2 is 1.62 bits per heavy atom. The van der Waals surface area contributed by atoms with Crippen molar-refractivity contribution in [1.29, 1.82) is 0 Å². The quantitative estimate of drug-likeness (QED) is 0.266. The van der Waals surface area contributed by atoms with Crippen LogP contribution in [0.3, 0.4) is 0 Å². The van der Waals surface area contributed by atoms with E-state index in [9.17, 15) is 14.4 Å². The highest BCUT2D eigenvalue weighted by Gasteiger charge is 2.28. The number of methoxy groups -OCH3 is 1. The highest BCUT2D eigenvalue weighted by Crippen LogP contribution is 2.21. The van der Waals surface area contributed by atoms with Gasteiger partial charge in [0.1, 0.15) is 11.6 Å². The van der Waals surface area contributed by atoms with Gasteiger partial charge in [-0.05, 0) is 31.2 Å². The van der Waals surface area contributed by atoms with Crippen LogP contribution in [0.2, 0.25) is 0 Å². The summed E-state index contributed by atoms with van der Waals surface area (Å²) in [6, 6.07) is 23.6. The van der Waals surface area contributed by atoms with Crippen molar-refractivity contribution >= 4 is 22.8 Å². The lowest BCUT2D eigenvalue weighted by atomic mass is 10.1. The minimum Gasteiger partial charge on any atom is -0.497 e. The Labute approximate surface area is 244 Å². The Hall–Kier alpha value is -4.54. The van der Waals surface area contributed by atoms with Gasteiger partial charge in [-0.2, -0.15) is 0 Å². The van der Waals surface area contributed by atoms with Gasteiger partial charge in [0.25, 0.3) is 5.56 Å². The molecule has 10 heteroatoms. The fraction of sp³-hybridized carbons (Fsp3) is 0.312. The van der Waals surface area contributed by atoms with Gasteiger partial charge in [-0.25, -0.2) is 9.78 Å². The third kappa shape index (κ3) is 6.67. The van der Waals surface area contributed by atoms with Crippen molar-refractivity contribution in [1.82, 2.24) is 19.4 Å². The molecule has 0 amide bonds. The molecule has 1 unspecified atom stereocenters. The van der Waals surface area contributed by atoms with Crippen LogP contribution in [0.5, 0.6) is 5.75 Å². The molecule has 5 rings (SSSR count). The predicted octanol–water partition coefficient (Wildman–Crippen LogP) is 3.36. The molecular formula is C32H34N4O6. The van der Waals surface area contributed by atoms with E-state index in [0.717, 1.165) is 0 Å². The number of fused-ring (bicyclic) bond motifs is 1. The lowest BCUT2D eigenvalue weighted by Crippen LogP contribution is -2.48. The third-order valence-corrected chi connectivity index (χ3v) is 7.19. The third-order valence-electron chi connectivity index (χ3n) is 7.19. The Morgan fingerprint density at radius 3 is 2.36 bits per heavy atom. The monoisotopic (exact) mass is 570 g/mol. The molecule has 1 atom stereocenters. The second kappa shape index (κ2) is 13.4. The maximum absolute atomic E-state index is 13.6. The fourth-order valence-electron chi connectivity index (χ4n) is 5.06. The van der Waals surface area contributed by atoms with Crippen molar-refractivity contribution in [2.45, 2.75) is 19.6 Å². The number of hydrogen-bond acceptors (Lipinski definition) is 9. The summed E-state index contributed by atoms with van der Waals surface area (Å²) in [4.78, 5) is 48.0. The molecule has 0 radical (unpaired) electrons. The molecule has 42 heavy (non-hydrogen) atoms. The summed E-state index contributed by atoms with van der Waals surface area (Å²) < 4.78 is 17.8. The molecule has 3 aromatic carbocycles. The smallest absolute Gasteiger partial charge is 0.352 e. The van der Waals surface area contributed by atoms with E-state index >= 15 is 0 Å². The molecule has 1 aliphatic heterocycles. The van der Waals surface area contributed by atoms with Gasteiger partial charge in [0.05, 0.1) is 43.4 Å². The van der Waals surface area contributed by atoms with Crippen LogP contribution in [-0.2, 0) is 25.6 Å². The van der Waals surface area contributed by atoms with Gasteiger partial charge >= 0.3 is 11.9 Å². The van der Waals surface area contributed by atoms with E-state index in [1.165, 1.54) is 0 Å². The van der Waals surface area contributed by atoms with E-state index in [-0.39, 0.29) is 18.7 Å². The molecule has 0 bridgehead atoms. The normalized spacial score (nSPS) is 14.8. The first kappa shape index (κ1) is 29.0. The summed E-state index contributed by atoms with van der Waals surface area (Å²) in [6.45, 7) is 4.96. The van der Waals surface area contributed by atoms with Gasteiger partial charge in [0.15, 0.2) is 0 Å². The molecule has 0 spiro atoms.